The summed E-state index contributed by atoms with van der Waals surface area (Å²) in [6, 6.07) is 15.3. The molecule has 11 heteroatoms. The summed E-state index contributed by atoms with van der Waals surface area (Å²) in [6.07, 6.45) is -1.51. The number of fused-ring (bicyclic) bond motifs is 1. The molecule has 4 aromatic rings. The van der Waals surface area contributed by atoms with E-state index < -0.39 is 34.9 Å². The summed E-state index contributed by atoms with van der Waals surface area (Å²) in [4.78, 5) is 47.6. The van der Waals surface area contributed by atoms with Crippen LogP contribution in [0, 0.1) is 0 Å². The number of benzene rings is 2. The Balaban J connectivity index is 1.59. The Kier molecular flexibility index (Phi) is 6.22. The van der Waals surface area contributed by atoms with E-state index in [2.05, 4.69) is 10.1 Å². The third kappa shape index (κ3) is 4.51. The minimum Gasteiger partial charge on any atom is -0.329 e. The zero-order chi connectivity index (χ0) is 27.1. The predicted molar refractivity (Wildman–Crippen MR) is 128 cm³/mol. The summed E-state index contributed by atoms with van der Waals surface area (Å²) >= 11 is 0. The van der Waals surface area contributed by atoms with Crippen LogP contribution in [0.4, 0.5) is 13.2 Å². The van der Waals surface area contributed by atoms with Crippen LogP contribution in [0.5, 0.6) is 0 Å². The minimum atomic E-state index is -4.47. The lowest BCUT2D eigenvalue weighted by Crippen LogP contribution is -2.44. The van der Waals surface area contributed by atoms with Crippen molar-refractivity contribution in [3.05, 3.63) is 89.9 Å². The number of halogens is 3. The molecule has 1 unspecified atom stereocenters. The third-order valence-corrected chi connectivity index (χ3v) is 6.52. The Morgan fingerprint density at radius 2 is 1.63 bits per heavy atom. The van der Waals surface area contributed by atoms with E-state index in [9.17, 15) is 27.6 Å². The summed E-state index contributed by atoms with van der Waals surface area (Å²) in [6.45, 7) is 1.61. The van der Waals surface area contributed by atoms with Crippen molar-refractivity contribution in [2.45, 2.75) is 37.8 Å². The number of rotatable bonds is 6. The molecule has 0 radical (unpaired) electrons. The summed E-state index contributed by atoms with van der Waals surface area (Å²) < 4.78 is 40.5. The van der Waals surface area contributed by atoms with Gasteiger partial charge in [-0.25, -0.2) is 14.3 Å². The Hall–Kier alpha value is -4.54. The number of alkyl halides is 3. The first-order valence-electron chi connectivity index (χ1n) is 11.7. The van der Waals surface area contributed by atoms with E-state index in [0.717, 1.165) is 17.7 Å². The van der Waals surface area contributed by atoms with Gasteiger partial charge < -0.3 is 4.84 Å². The van der Waals surface area contributed by atoms with E-state index in [-0.39, 0.29) is 19.3 Å². The smallest absolute Gasteiger partial charge is 0.329 e. The quantitative estimate of drug-likeness (QED) is 0.346. The second-order valence-electron chi connectivity index (χ2n) is 9.15. The topological polar surface area (TPSA) is 93.9 Å². The van der Waals surface area contributed by atoms with Crippen LogP contribution in [0.15, 0.2) is 73.1 Å². The van der Waals surface area contributed by atoms with Gasteiger partial charge in [0.25, 0.3) is 11.8 Å². The highest BCUT2D eigenvalue weighted by Gasteiger charge is 2.44. The first-order chi connectivity index (χ1) is 18.1. The molecule has 0 spiro atoms. The van der Waals surface area contributed by atoms with Crippen LogP contribution in [0.1, 0.15) is 36.6 Å². The van der Waals surface area contributed by atoms with Gasteiger partial charge in [-0.05, 0) is 42.7 Å². The summed E-state index contributed by atoms with van der Waals surface area (Å²) in [5.41, 5.74) is 0.145. The average Bonchev–Trinajstić information content (AvgIpc) is 3.47. The lowest BCUT2D eigenvalue weighted by Gasteiger charge is -2.29. The van der Waals surface area contributed by atoms with Crippen LogP contribution in [-0.2, 0) is 37.2 Å². The Labute approximate surface area is 214 Å². The molecule has 0 N–H and O–H groups in total. The van der Waals surface area contributed by atoms with Gasteiger partial charge in [-0.1, -0.05) is 42.5 Å². The average molecular weight is 522 g/mol. The van der Waals surface area contributed by atoms with Crippen LogP contribution in [-0.4, -0.2) is 37.4 Å². The van der Waals surface area contributed by atoms with Gasteiger partial charge in [-0.3, -0.25) is 9.59 Å². The minimum absolute atomic E-state index is 0.0450. The first kappa shape index (κ1) is 25.1. The van der Waals surface area contributed by atoms with Gasteiger partial charge in [0.05, 0.1) is 17.5 Å². The SMILES string of the molecule is CC(Cc1ccccc1)(C(=O)ON1C(=O)CCC1=O)c1ccnc2c(-c3ccc(C(F)(F)F)cc3)cnn12. The van der Waals surface area contributed by atoms with Crippen LogP contribution in [0.2, 0.25) is 0 Å². The number of amides is 2. The number of aromatic nitrogens is 3. The third-order valence-electron chi connectivity index (χ3n) is 6.52. The van der Waals surface area contributed by atoms with E-state index >= 15 is 0 Å². The fourth-order valence-corrected chi connectivity index (χ4v) is 4.46. The molecule has 8 nitrogen and oxygen atoms in total. The molecule has 1 fully saturated rings. The maximum Gasteiger partial charge on any atom is 0.416 e. The maximum atomic E-state index is 13.6. The molecule has 194 valence electrons. The van der Waals surface area contributed by atoms with E-state index in [0.29, 0.717) is 27.5 Å². The number of carbonyl (C=O) groups excluding carboxylic acids is 3. The normalized spacial score (nSPS) is 15.6. The van der Waals surface area contributed by atoms with Crippen molar-refractivity contribution in [2.24, 2.45) is 0 Å². The van der Waals surface area contributed by atoms with E-state index in [1.54, 1.807) is 13.0 Å². The van der Waals surface area contributed by atoms with Crippen molar-refractivity contribution in [2.75, 3.05) is 0 Å². The number of hydrogen-bond donors (Lipinski definition) is 0. The highest BCUT2D eigenvalue weighted by atomic mass is 19.4. The van der Waals surface area contributed by atoms with Gasteiger partial charge in [-0.15, -0.1) is 5.06 Å². The molecular weight excluding hydrogens is 501 g/mol. The van der Waals surface area contributed by atoms with Gasteiger partial charge in [0.2, 0.25) is 0 Å². The van der Waals surface area contributed by atoms with Crippen molar-refractivity contribution < 1.29 is 32.4 Å². The lowest BCUT2D eigenvalue weighted by molar-refractivity contribution is -0.201. The van der Waals surface area contributed by atoms with Crippen molar-refractivity contribution >= 4 is 23.4 Å². The highest BCUT2D eigenvalue weighted by molar-refractivity contribution is 6.02. The maximum absolute atomic E-state index is 13.6. The summed E-state index contributed by atoms with van der Waals surface area (Å²) in [7, 11) is 0. The zero-order valence-electron chi connectivity index (χ0n) is 20.1. The molecule has 1 saturated heterocycles. The molecule has 2 aromatic carbocycles. The molecule has 2 amide bonds. The second kappa shape index (κ2) is 9.40. The fourth-order valence-electron chi connectivity index (χ4n) is 4.46. The van der Waals surface area contributed by atoms with Crippen molar-refractivity contribution in [3.8, 4) is 11.1 Å². The Morgan fingerprint density at radius 3 is 2.26 bits per heavy atom. The van der Waals surface area contributed by atoms with E-state index in [1.807, 2.05) is 30.3 Å². The summed E-state index contributed by atoms with van der Waals surface area (Å²) in [5.74, 6) is -2.05. The van der Waals surface area contributed by atoms with Gasteiger partial charge in [0, 0.05) is 24.6 Å². The Morgan fingerprint density at radius 1 is 0.974 bits per heavy atom. The monoisotopic (exact) mass is 522 g/mol. The molecule has 1 atom stereocenters. The zero-order valence-corrected chi connectivity index (χ0v) is 20.1. The molecule has 5 rings (SSSR count). The molecule has 0 bridgehead atoms. The van der Waals surface area contributed by atoms with E-state index in [4.69, 9.17) is 4.84 Å². The van der Waals surface area contributed by atoms with Crippen LogP contribution in [0.3, 0.4) is 0 Å². The largest absolute Gasteiger partial charge is 0.416 e. The first-order valence-corrected chi connectivity index (χ1v) is 11.7. The van der Waals surface area contributed by atoms with Gasteiger partial charge in [0.1, 0.15) is 5.41 Å². The van der Waals surface area contributed by atoms with Crippen molar-refractivity contribution in [1.29, 1.82) is 0 Å². The van der Waals surface area contributed by atoms with Gasteiger partial charge >= 0.3 is 12.1 Å². The van der Waals surface area contributed by atoms with Crippen molar-refractivity contribution in [1.82, 2.24) is 19.7 Å². The van der Waals surface area contributed by atoms with Gasteiger partial charge in [0.15, 0.2) is 5.65 Å². The highest BCUT2D eigenvalue weighted by Crippen LogP contribution is 2.35. The molecule has 3 heterocycles. The number of hydroxylamine groups is 2. The van der Waals surface area contributed by atoms with Crippen LogP contribution >= 0.6 is 0 Å². The van der Waals surface area contributed by atoms with Gasteiger partial charge in [-0.2, -0.15) is 18.3 Å². The van der Waals surface area contributed by atoms with Crippen molar-refractivity contribution in [3.63, 3.8) is 0 Å². The number of carbonyl (C=O) groups is 3. The molecule has 1 aliphatic heterocycles. The standard InChI is InChI=1S/C27H21F3N4O4/c1-26(15-17-5-3-2-4-6-17,25(37)38-34-22(35)11-12-23(34)36)21-13-14-31-24-20(16-32-33(21)24)18-7-9-19(10-8-18)27(28,29)30/h2-10,13-14,16H,11-12,15H2,1H3. The Bertz CT molecular complexity index is 1520. The molecule has 0 aliphatic carbocycles. The second-order valence-corrected chi connectivity index (χ2v) is 9.15. The molecule has 38 heavy (non-hydrogen) atoms. The number of hydrogen-bond acceptors (Lipinski definition) is 6. The fraction of sp³-hybridized carbons (Fsp3) is 0.222. The predicted octanol–water partition coefficient (Wildman–Crippen LogP) is 4.52. The lowest BCUT2D eigenvalue weighted by atomic mass is 9.80. The number of imide groups is 1. The molecular formula is C27H21F3N4O4. The van der Waals surface area contributed by atoms with Crippen LogP contribution in [0.25, 0.3) is 16.8 Å². The number of nitrogens with zero attached hydrogens (tertiary/aromatic N) is 4. The molecule has 1 aliphatic rings. The van der Waals surface area contributed by atoms with Crippen LogP contribution < -0.4 is 0 Å². The summed E-state index contributed by atoms with van der Waals surface area (Å²) in [5, 5.41) is 4.90. The molecule has 2 aromatic heterocycles. The molecule has 0 saturated carbocycles. The van der Waals surface area contributed by atoms with E-state index in [1.165, 1.54) is 29.0 Å².